The van der Waals surface area contributed by atoms with E-state index in [4.69, 9.17) is 4.74 Å². The van der Waals surface area contributed by atoms with Gasteiger partial charge in [0.15, 0.2) is 11.6 Å². The lowest BCUT2D eigenvalue weighted by atomic mass is 10.2. The molecule has 0 heterocycles. The lowest BCUT2D eigenvalue weighted by molar-refractivity contribution is 0.386. The lowest BCUT2D eigenvalue weighted by Crippen LogP contribution is -1.88. The van der Waals surface area contributed by atoms with Gasteiger partial charge in [-0.15, -0.1) is 0 Å². The van der Waals surface area contributed by atoms with Crippen molar-refractivity contribution in [1.29, 1.82) is 0 Å². The van der Waals surface area contributed by atoms with Gasteiger partial charge < -0.3 is 4.74 Å². The smallest absolute Gasteiger partial charge is 0.165 e. The van der Waals surface area contributed by atoms with E-state index in [1.807, 2.05) is 0 Å². The number of alkyl halides is 1. The van der Waals surface area contributed by atoms with E-state index >= 15 is 0 Å². The van der Waals surface area contributed by atoms with E-state index in [2.05, 4.69) is 27.8 Å². The van der Waals surface area contributed by atoms with Crippen molar-refractivity contribution in [2.24, 2.45) is 0 Å². The Bertz CT molecular complexity index is 365. The van der Waals surface area contributed by atoms with Gasteiger partial charge in [-0.3, -0.25) is 0 Å². The quantitative estimate of drug-likeness (QED) is 0.584. The van der Waals surface area contributed by atoms with Crippen molar-refractivity contribution >= 4 is 15.9 Å². The van der Waals surface area contributed by atoms with Crippen LogP contribution in [0.15, 0.2) is 18.2 Å². The summed E-state index contributed by atoms with van der Waals surface area (Å²) in [6, 6.07) is 4.59. The predicted octanol–water partition coefficient (Wildman–Crippen LogP) is 2.97. The highest BCUT2D eigenvalue weighted by molar-refractivity contribution is 9.09. The maximum absolute atomic E-state index is 13.0. The van der Waals surface area contributed by atoms with E-state index < -0.39 is 0 Å². The van der Waals surface area contributed by atoms with E-state index in [-0.39, 0.29) is 11.6 Å². The molecule has 1 aromatic carbocycles. The summed E-state index contributed by atoms with van der Waals surface area (Å²) in [5, 5.41) is 0.846. The molecular formula is C11H10BrFO. The highest BCUT2D eigenvalue weighted by atomic mass is 79.9. The van der Waals surface area contributed by atoms with Crippen molar-refractivity contribution < 1.29 is 9.13 Å². The fourth-order valence-electron chi connectivity index (χ4n) is 0.949. The normalized spacial score (nSPS) is 9.07. The molecule has 0 unspecified atom stereocenters. The monoisotopic (exact) mass is 256 g/mol. The minimum Gasteiger partial charge on any atom is -0.494 e. The van der Waals surface area contributed by atoms with Crippen LogP contribution in [0, 0.1) is 17.7 Å². The third kappa shape index (κ3) is 3.04. The summed E-state index contributed by atoms with van der Waals surface area (Å²) in [7, 11) is 1.44. The van der Waals surface area contributed by atoms with Crippen LogP contribution in [0.25, 0.3) is 0 Å². The summed E-state index contributed by atoms with van der Waals surface area (Å²) in [5.41, 5.74) is 0.768. The first-order chi connectivity index (χ1) is 6.77. The standard InChI is InChI=1S/C11H10BrFO/c1-14-11-8-9(4-2-3-7-12)5-6-10(11)13/h5-6,8H,3,7H2,1H3. The number of benzene rings is 1. The van der Waals surface area contributed by atoms with Crippen LogP contribution in [0.5, 0.6) is 5.75 Å². The number of hydrogen-bond acceptors (Lipinski definition) is 1. The largest absolute Gasteiger partial charge is 0.494 e. The second-order valence-electron chi connectivity index (χ2n) is 2.59. The molecule has 0 bridgehead atoms. The van der Waals surface area contributed by atoms with Gasteiger partial charge in [0.1, 0.15) is 0 Å². The van der Waals surface area contributed by atoms with Crippen LogP contribution >= 0.6 is 15.9 Å². The highest BCUT2D eigenvalue weighted by Gasteiger charge is 2.00. The fraction of sp³-hybridized carbons (Fsp3) is 0.273. The van der Waals surface area contributed by atoms with E-state index in [0.29, 0.717) is 0 Å². The van der Waals surface area contributed by atoms with Gasteiger partial charge in [0.2, 0.25) is 0 Å². The van der Waals surface area contributed by atoms with Gasteiger partial charge in [0.05, 0.1) is 7.11 Å². The third-order valence-electron chi connectivity index (χ3n) is 1.60. The van der Waals surface area contributed by atoms with Crippen molar-refractivity contribution in [3.05, 3.63) is 29.6 Å². The molecule has 0 spiro atoms. The van der Waals surface area contributed by atoms with Crippen LogP contribution in [-0.4, -0.2) is 12.4 Å². The molecule has 0 saturated carbocycles. The number of rotatable bonds is 2. The molecule has 0 aromatic heterocycles. The number of hydrogen-bond donors (Lipinski definition) is 0. The van der Waals surface area contributed by atoms with Gasteiger partial charge in [-0.25, -0.2) is 4.39 Å². The molecule has 0 aliphatic heterocycles. The van der Waals surface area contributed by atoms with Crippen LogP contribution in [0.4, 0.5) is 4.39 Å². The molecule has 0 aliphatic carbocycles. The predicted molar refractivity (Wildman–Crippen MR) is 58.2 cm³/mol. The third-order valence-corrected chi connectivity index (χ3v) is 2.00. The maximum Gasteiger partial charge on any atom is 0.165 e. The molecule has 1 rings (SSSR count). The number of halogens is 2. The molecule has 0 saturated heterocycles. The van der Waals surface area contributed by atoms with E-state index in [1.165, 1.54) is 13.2 Å². The summed E-state index contributed by atoms with van der Waals surface area (Å²) < 4.78 is 17.8. The topological polar surface area (TPSA) is 9.23 Å². The van der Waals surface area contributed by atoms with Gasteiger partial charge >= 0.3 is 0 Å². The van der Waals surface area contributed by atoms with E-state index in [1.54, 1.807) is 12.1 Å². The Kier molecular flexibility index (Phi) is 4.48. The van der Waals surface area contributed by atoms with Crippen LogP contribution < -0.4 is 4.74 Å². The average Bonchev–Trinajstić information content (AvgIpc) is 2.21. The molecule has 1 aromatic rings. The minimum absolute atomic E-state index is 0.232. The number of methoxy groups -OCH3 is 1. The Labute approximate surface area is 91.4 Å². The van der Waals surface area contributed by atoms with Gasteiger partial charge in [0.25, 0.3) is 0 Å². The first-order valence-corrected chi connectivity index (χ1v) is 5.28. The molecule has 0 amide bonds. The second kappa shape index (κ2) is 5.66. The molecule has 0 N–H and O–H groups in total. The highest BCUT2D eigenvalue weighted by Crippen LogP contribution is 2.17. The molecule has 0 atom stereocenters. The minimum atomic E-state index is -0.362. The van der Waals surface area contributed by atoms with Crippen molar-refractivity contribution in [3.8, 4) is 17.6 Å². The van der Waals surface area contributed by atoms with Crippen LogP contribution in [0.1, 0.15) is 12.0 Å². The lowest BCUT2D eigenvalue weighted by Gasteiger charge is -2.00. The summed E-state index contributed by atoms with van der Waals surface area (Å²) >= 11 is 3.28. The molecule has 1 nitrogen and oxygen atoms in total. The first-order valence-electron chi connectivity index (χ1n) is 4.16. The van der Waals surface area contributed by atoms with Gasteiger partial charge in [0, 0.05) is 17.3 Å². The molecule has 74 valence electrons. The van der Waals surface area contributed by atoms with E-state index in [9.17, 15) is 4.39 Å². The molecule has 0 aliphatic rings. The zero-order valence-corrected chi connectivity index (χ0v) is 9.40. The second-order valence-corrected chi connectivity index (χ2v) is 3.38. The zero-order valence-electron chi connectivity index (χ0n) is 7.81. The summed E-state index contributed by atoms with van der Waals surface area (Å²) in [6.45, 7) is 0. The molecular weight excluding hydrogens is 247 g/mol. The van der Waals surface area contributed by atoms with Gasteiger partial charge in [-0.05, 0) is 18.2 Å². The molecule has 0 fully saturated rings. The fourth-order valence-corrected chi connectivity index (χ4v) is 1.15. The SMILES string of the molecule is COc1cc(C#CCCBr)ccc1F. The Morgan fingerprint density at radius 3 is 2.93 bits per heavy atom. The Hall–Kier alpha value is -1.01. The van der Waals surface area contributed by atoms with Crippen LogP contribution in [0.3, 0.4) is 0 Å². The zero-order chi connectivity index (χ0) is 10.4. The Morgan fingerprint density at radius 1 is 1.50 bits per heavy atom. The van der Waals surface area contributed by atoms with Crippen LogP contribution in [0.2, 0.25) is 0 Å². The molecule has 0 radical (unpaired) electrons. The first kappa shape index (κ1) is 11.1. The van der Waals surface area contributed by atoms with Crippen molar-refractivity contribution in [2.45, 2.75) is 6.42 Å². The maximum atomic E-state index is 13.0. The molecule has 3 heteroatoms. The Balaban J connectivity index is 2.86. The number of ether oxygens (including phenoxy) is 1. The van der Waals surface area contributed by atoms with Crippen LogP contribution in [-0.2, 0) is 0 Å². The summed E-state index contributed by atoms with van der Waals surface area (Å²) in [4.78, 5) is 0. The Morgan fingerprint density at radius 2 is 2.29 bits per heavy atom. The van der Waals surface area contributed by atoms with Crippen molar-refractivity contribution in [2.75, 3.05) is 12.4 Å². The van der Waals surface area contributed by atoms with Gasteiger partial charge in [-0.2, -0.15) is 0 Å². The average molecular weight is 257 g/mol. The van der Waals surface area contributed by atoms with Crippen molar-refractivity contribution in [3.63, 3.8) is 0 Å². The summed E-state index contributed by atoms with van der Waals surface area (Å²) in [5.74, 6) is 5.74. The molecule has 14 heavy (non-hydrogen) atoms. The van der Waals surface area contributed by atoms with Crippen molar-refractivity contribution in [1.82, 2.24) is 0 Å². The summed E-state index contributed by atoms with van der Waals surface area (Å²) in [6.07, 6.45) is 0.777. The van der Waals surface area contributed by atoms with E-state index in [0.717, 1.165) is 17.3 Å². The van der Waals surface area contributed by atoms with Gasteiger partial charge in [-0.1, -0.05) is 27.8 Å².